The Kier molecular flexibility index (Phi) is 5.24. The molecule has 2 aromatic rings. The predicted octanol–water partition coefficient (Wildman–Crippen LogP) is 2.33. The smallest absolute Gasteiger partial charge is 0.242 e. The van der Waals surface area contributed by atoms with Crippen molar-refractivity contribution in [2.75, 3.05) is 14.1 Å². The largest absolute Gasteiger partial charge is 0.508 e. The molecule has 23 heavy (non-hydrogen) atoms. The first-order valence-electron chi connectivity index (χ1n) is 7.40. The summed E-state index contributed by atoms with van der Waals surface area (Å²) in [6.07, 6.45) is 0. The van der Waals surface area contributed by atoms with Gasteiger partial charge in [-0.25, -0.2) is 0 Å². The minimum atomic E-state index is -0.408. The number of aromatic hydroxyl groups is 2. The molecule has 0 aliphatic carbocycles. The topological polar surface area (TPSA) is 72.8 Å². The Labute approximate surface area is 136 Å². The molecule has 0 unspecified atom stereocenters. The van der Waals surface area contributed by atoms with E-state index in [1.165, 1.54) is 12.1 Å². The average Bonchev–Trinajstić information content (AvgIpc) is 2.48. The molecule has 2 aromatic carbocycles. The first kappa shape index (κ1) is 16.8. The van der Waals surface area contributed by atoms with Crippen LogP contribution in [0.1, 0.15) is 22.7 Å². The molecule has 3 N–H and O–H groups in total. The van der Waals surface area contributed by atoms with Crippen LogP contribution in [-0.4, -0.2) is 35.1 Å². The summed E-state index contributed by atoms with van der Waals surface area (Å²) in [5.41, 5.74) is 2.60. The zero-order valence-electron chi connectivity index (χ0n) is 13.6. The number of benzene rings is 2. The van der Waals surface area contributed by atoms with Crippen LogP contribution in [0.5, 0.6) is 11.5 Å². The Morgan fingerprint density at radius 1 is 1.13 bits per heavy atom. The maximum Gasteiger partial charge on any atom is 0.242 e. The van der Waals surface area contributed by atoms with E-state index in [4.69, 9.17) is 0 Å². The molecule has 0 aliphatic heterocycles. The van der Waals surface area contributed by atoms with E-state index in [1.54, 1.807) is 6.07 Å². The van der Waals surface area contributed by atoms with Gasteiger partial charge in [-0.05, 0) is 38.7 Å². The summed E-state index contributed by atoms with van der Waals surface area (Å²) in [7, 11) is 3.70. The number of phenolic OH excluding ortho intramolecular Hbond substituents is 2. The van der Waals surface area contributed by atoms with Crippen LogP contribution in [0.25, 0.3) is 0 Å². The number of carbonyl (C=O) groups excluding carboxylic acids is 1. The fourth-order valence-corrected chi connectivity index (χ4v) is 2.41. The first-order chi connectivity index (χ1) is 10.9. The number of hydrogen-bond acceptors (Lipinski definition) is 4. The molecule has 0 fully saturated rings. The molecule has 2 rings (SSSR count). The van der Waals surface area contributed by atoms with Crippen molar-refractivity contribution in [1.29, 1.82) is 0 Å². The standard InChI is InChI=1S/C18H22N2O3/c1-12-4-6-13(7-5-12)17(20(2)3)18(23)19-11-14-8-9-15(21)10-16(14)22/h4-10,17,21-22H,11H2,1-3H3,(H,19,23)/t17-/m0/s1. The summed E-state index contributed by atoms with van der Waals surface area (Å²) in [4.78, 5) is 14.4. The molecule has 1 atom stereocenters. The Hall–Kier alpha value is -2.53. The summed E-state index contributed by atoms with van der Waals surface area (Å²) in [5, 5.41) is 21.9. The van der Waals surface area contributed by atoms with E-state index in [1.807, 2.05) is 50.2 Å². The lowest BCUT2D eigenvalue weighted by Crippen LogP contribution is -2.36. The maximum absolute atomic E-state index is 12.5. The van der Waals surface area contributed by atoms with Crippen LogP contribution in [0.3, 0.4) is 0 Å². The van der Waals surface area contributed by atoms with Crippen LogP contribution in [0, 0.1) is 6.92 Å². The van der Waals surface area contributed by atoms with Crippen LogP contribution < -0.4 is 5.32 Å². The quantitative estimate of drug-likeness (QED) is 0.792. The molecule has 0 heterocycles. The van der Waals surface area contributed by atoms with E-state index in [-0.39, 0.29) is 24.0 Å². The number of nitrogens with one attached hydrogen (secondary N) is 1. The zero-order chi connectivity index (χ0) is 17.0. The van der Waals surface area contributed by atoms with Gasteiger partial charge in [0.05, 0.1) is 0 Å². The summed E-state index contributed by atoms with van der Waals surface area (Å²) in [6, 6.07) is 11.7. The third-order valence-electron chi connectivity index (χ3n) is 3.68. The van der Waals surface area contributed by atoms with E-state index in [0.717, 1.165) is 11.1 Å². The second-order valence-corrected chi connectivity index (χ2v) is 5.81. The molecule has 0 aliphatic rings. The second kappa shape index (κ2) is 7.15. The number of likely N-dealkylation sites (N-methyl/N-ethyl adjacent to an activating group) is 1. The highest BCUT2D eigenvalue weighted by molar-refractivity contribution is 5.83. The summed E-state index contributed by atoms with van der Waals surface area (Å²) in [6.45, 7) is 2.20. The van der Waals surface area contributed by atoms with E-state index >= 15 is 0 Å². The van der Waals surface area contributed by atoms with Crippen LogP contribution in [-0.2, 0) is 11.3 Å². The lowest BCUT2D eigenvalue weighted by atomic mass is 10.0. The third-order valence-corrected chi connectivity index (χ3v) is 3.68. The van der Waals surface area contributed by atoms with Crippen LogP contribution in [0.4, 0.5) is 0 Å². The third kappa shape index (κ3) is 4.23. The molecule has 0 spiro atoms. The van der Waals surface area contributed by atoms with Crippen molar-refractivity contribution < 1.29 is 15.0 Å². The Morgan fingerprint density at radius 3 is 2.35 bits per heavy atom. The highest BCUT2D eigenvalue weighted by Crippen LogP contribution is 2.23. The fourth-order valence-electron chi connectivity index (χ4n) is 2.41. The molecular weight excluding hydrogens is 292 g/mol. The summed E-state index contributed by atoms with van der Waals surface area (Å²) >= 11 is 0. The monoisotopic (exact) mass is 314 g/mol. The number of nitrogens with zero attached hydrogens (tertiary/aromatic N) is 1. The molecule has 122 valence electrons. The molecule has 1 amide bonds. The molecule has 0 bridgehead atoms. The van der Waals surface area contributed by atoms with Gasteiger partial charge in [0, 0.05) is 18.2 Å². The van der Waals surface area contributed by atoms with Gasteiger partial charge in [0.2, 0.25) is 5.91 Å². The molecule has 5 nitrogen and oxygen atoms in total. The average molecular weight is 314 g/mol. The number of carbonyl (C=O) groups is 1. The Bertz CT molecular complexity index is 681. The van der Waals surface area contributed by atoms with Crippen molar-refractivity contribution in [1.82, 2.24) is 10.2 Å². The van der Waals surface area contributed by atoms with Gasteiger partial charge in [0.15, 0.2) is 0 Å². The highest BCUT2D eigenvalue weighted by atomic mass is 16.3. The Morgan fingerprint density at radius 2 is 1.78 bits per heavy atom. The van der Waals surface area contributed by atoms with Crippen molar-refractivity contribution in [2.45, 2.75) is 19.5 Å². The van der Waals surface area contributed by atoms with E-state index in [0.29, 0.717) is 5.56 Å². The SMILES string of the molecule is Cc1ccc([C@@H](C(=O)NCc2ccc(O)cc2O)N(C)C)cc1. The van der Waals surface area contributed by atoms with Gasteiger partial charge in [0.1, 0.15) is 17.5 Å². The molecule has 0 radical (unpaired) electrons. The van der Waals surface area contributed by atoms with Crippen molar-refractivity contribution in [3.8, 4) is 11.5 Å². The van der Waals surface area contributed by atoms with Crippen LogP contribution in [0.2, 0.25) is 0 Å². The normalized spacial score (nSPS) is 12.2. The van der Waals surface area contributed by atoms with Crippen LogP contribution in [0.15, 0.2) is 42.5 Å². The Balaban J connectivity index is 2.11. The van der Waals surface area contributed by atoms with E-state index in [2.05, 4.69) is 5.32 Å². The van der Waals surface area contributed by atoms with Gasteiger partial charge in [0.25, 0.3) is 0 Å². The lowest BCUT2D eigenvalue weighted by molar-refractivity contribution is -0.125. The molecule has 0 saturated carbocycles. The minimum Gasteiger partial charge on any atom is -0.508 e. The molecule has 5 heteroatoms. The number of aryl methyl sites for hydroxylation is 1. The van der Waals surface area contributed by atoms with E-state index < -0.39 is 6.04 Å². The summed E-state index contributed by atoms with van der Waals surface area (Å²) in [5.74, 6) is -0.197. The second-order valence-electron chi connectivity index (χ2n) is 5.81. The van der Waals surface area contributed by atoms with Gasteiger partial charge >= 0.3 is 0 Å². The number of amides is 1. The van der Waals surface area contributed by atoms with Crippen molar-refractivity contribution in [2.24, 2.45) is 0 Å². The van der Waals surface area contributed by atoms with Gasteiger partial charge in [-0.2, -0.15) is 0 Å². The van der Waals surface area contributed by atoms with Gasteiger partial charge < -0.3 is 15.5 Å². The molecular formula is C18H22N2O3. The number of phenols is 2. The number of rotatable bonds is 5. The van der Waals surface area contributed by atoms with Gasteiger partial charge in [-0.3, -0.25) is 9.69 Å². The van der Waals surface area contributed by atoms with Crippen LogP contribution >= 0.6 is 0 Å². The fraction of sp³-hybridized carbons (Fsp3) is 0.278. The minimum absolute atomic E-state index is 0.0107. The first-order valence-corrected chi connectivity index (χ1v) is 7.40. The zero-order valence-corrected chi connectivity index (χ0v) is 13.6. The van der Waals surface area contributed by atoms with Crippen molar-refractivity contribution >= 4 is 5.91 Å². The lowest BCUT2D eigenvalue weighted by Gasteiger charge is -2.24. The van der Waals surface area contributed by atoms with E-state index in [9.17, 15) is 15.0 Å². The van der Waals surface area contributed by atoms with Crippen molar-refractivity contribution in [3.63, 3.8) is 0 Å². The predicted molar refractivity (Wildman–Crippen MR) is 89.2 cm³/mol. The summed E-state index contributed by atoms with van der Waals surface area (Å²) < 4.78 is 0. The number of hydrogen-bond donors (Lipinski definition) is 3. The maximum atomic E-state index is 12.5. The molecule has 0 aromatic heterocycles. The molecule has 0 saturated heterocycles. The van der Waals surface area contributed by atoms with Crippen molar-refractivity contribution in [3.05, 3.63) is 59.2 Å². The van der Waals surface area contributed by atoms with Gasteiger partial charge in [-0.15, -0.1) is 0 Å². The highest BCUT2D eigenvalue weighted by Gasteiger charge is 2.22. The van der Waals surface area contributed by atoms with Gasteiger partial charge in [-0.1, -0.05) is 29.8 Å².